The molecule has 2 aromatic carbocycles. The lowest BCUT2D eigenvalue weighted by Gasteiger charge is -2.05. The lowest BCUT2D eigenvalue weighted by atomic mass is 10.2. The first-order valence-corrected chi connectivity index (χ1v) is 7.32. The second-order valence-electron chi connectivity index (χ2n) is 4.21. The zero-order chi connectivity index (χ0) is 13.4. The number of hydrogen-bond acceptors (Lipinski definition) is 3. The highest BCUT2D eigenvalue weighted by molar-refractivity contribution is 9.10. The van der Waals surface area contributed by atoms with Gasteiger partial charge in [-0.05, 0) is 52.7 Å². The van der Waals surface area contributed by atoms with Crippen molar-refractivity contribution in [2.45, 2.75) is 6.92 Å². The topological polar surface area (TPSA) is 24.9 Å². The molecule has 0 atom stereocenters. The fraction of sp³-hybridized carbons (Fsp3) is 0.0714. The predicted octanol–water partition coefficient (Wildman–Crippen LogP) is 5.25. The maximum absolute atomic E-state index is 13.7. The third-order valence-corrected chi connectivity index (χ3v) is 4.35. The number of thiazole rings is 1. The predicted molar refractivity (Wildman–Crippen MR) is 81.7 cm³/mol. The lowest BCUT2D eigenvalue weighted by Crippen LogP contribution is -1.94. The van der Waals surface area contributed by atoms with Gasteiger partial charge in [0.2, 0.25) is 0 Å². The fourth-order valence-corrected chi connectivity index (χ4v) is 3.11. The third-order valence-electron chi connectivity index (χ3n) is 2.74. The van der Waals surface area contributed by atoms with Crippen LogP contribution in [0.4, 0.5) is 15.2 Å². The largest absolute Gasteiger partial charge is 0.328 e. The second kappa shape index (κ2) is 4.90. The molecule has 0 radical (unpaired) electrons. The number of para-hydroxylation sites is 1. The van der Waals surface area contributed by atoms with E-state index in [4.69, 9.17) is 0 Å². The molecule has 0 amide bonds. The third kappa shape index (κ3) is 2.48. The van der Waals surface area contributed by atoms with E-state index in [2.05, 4.69) is 26.2 Å². The molecule has 1 aromatic heterocycles. The summed E-state index contributed by atoms with van der Waals surface area (Å²) in [5.74, 6) is -0.301. The number of hydrogen-bond donors (Lipinski definition) is 1. The Hall–Kier alpha value is -1.46. The minimum atomic E-state index is -0.301. The Bertz CT molecular complexity index is 734. The molecule has 0 bridgehead atoms. The van der Waals surface area contributed by atoms with Crippen molar-refractivity contribution < 1.29 is 4.39 Å². The van der Waals surface area contributed by atoms with Crippen LogP contribution < -0.4 is 5.32 Å². The van der Waals surface area contributed by atoms with Gasteiger partial charge in [-0.2, -0.15) is 0 Å². The van der Waals surface area contributed by atoms with Crippen LogP contribution in [0.3, 0.4) is 0 Å². The summed E-state index contributed by atoms with van der Waals surface area (Å²) in [5.41, 5.74) is 2.51. The van der Waals surface area contributed by atoms with Crippen LogP contribution in [0.15, 0.2) is 40.9 Å². The Morgan fingerprint density at radius 2 is 2.11 bits per heavy atom. The van der Waals surface area contributed by atoms with Gasteiger partial charge in [0.15, 0.2) is 5.13 Å². The van der Waals surface area contributed by atoms with E-state index in [1.165, 1.54) is 17.4 Å². The number of benzene rings is 2. The molecule has 1 N–H and O–H groups in total. The van der Waals surface area contributed by atoms with E-state index in [1.807, 2.05) is 25.1 Å². The standard InChI is InChI=1S/C14H10BrFN2S/c1-8-5-6-12-11(7-8)17-14(19-12)18-13-9(15)3-2-4-10(13)16/h2-7H,1H3,(H,17,18). The van der Waals surface area contributed by atoms with Crippen LogP contribution in [0.5, 0.6) is 0 Å². The summed E-state index contributed by atoms with van der Waals surface area (Å²) >= 11 is 4.84. The Balaban J connectivity index is 2.01. The number of fused-ring (bicyclic) bond motifs is 1. The number of aromatic nitrogens is 1. The molecule has 0 aliphatic heterocycles. The average Bonchev–Trinajstić information content (AvgIpc) is 2.75. The summed E-state index contributed by atoms with van der Waals surface area (Å²) in [4.78, 5) is 4.47. The molecule has 5 heteroatoms. The Morgan fingerprint density at radius 1 is 1.26 bits per heavy atom. The van der Waals surface area contributed by atoms with Crippen molar-refractivity contribution in [2.24, 2.45) is 0 Å². The maximum atomic E-state index is 13.7. The summed E-state index contributed by atoms with van der Waals surface area (Å²) in [6.07, 6.45) is 0. The molecule has 0 spiro atoms. The van der Waals surface area contributed by atoms with E-state index in [-0.39, 0.29) is 5.82 Å². The molecular weight excluding hydrogens is 327 g/mol. The van der Waals surface area contributed by atoms with Gasteiger partial charge in [0.05, 0.1) is 15.9 Å². The van der Waals surface area contributed by atoms with E-state index in [0.29, 0.717) is 15.3 Å². The Kier molecular flexibility index (Phi) is 3.24. The molecule has 0 saturated carbocycles. The van der Waals surface area contributed by atoms with Gasteiger partial charge in [0.1, 0.15) is 5.82 Å². The fourth-order valence-electron chi connectivity index (χ4n) is 1.82. The van der Waals surface area contributed by atoms with Gasteiger partial charge in [-0.3, -0.25) is 0 Å². The first kappa shape index (κ1) is 12.6. The number of nitrogens with one attached hydrogen (secondary N) is 1. The molecule has 0 fully saturated rings. The van der Waals surface area contributed by atoms with E-state index in [1.54, 1.807) is 12.1 Å². The number of rotatable bonds is 2. The van der Waals surface area contributed by atoms with Gasteiger partial charge in [0, 0.05) is 4.47 Å². The van der Waals surface area contributed by atoms with Crippen molar-refractivity contribution in [1.29, 1.82) is 0 Å². The van der Waals surface area contributed by atoms with Crippen LogP contribution in [-0.2, 0) is 0 Å². The highest BCUT2D eigenvalue weighted by Gasteiger charge is 2.09. The van der Waals surface area contributed by atoms with E-state index in [9.17, 15) is 4.39 Å². The Morgan fingerprint density at radius 3 is 2.89 bits per heavy atom. The smallest absolute Gasteiger partial charge is 0.188 e. The summed E-state index contributed by atoms with van der Waals surface area (Å²) in [6.45, 7) is 2.03. The summed E-state index contributed by atoms with van der Waals surface area (Å²) in [6, 6.07) is 11.0. The summed E-state index contributed by atoms with van der Waals surface area (Å²) < 4.78 is 15.5. The zero-order valence-electron chi connectivity index (χ0n) is 10.1. The van der Waals surface area contributed by atoms with Crippen molar-refractivity contribution in [3.63, 3.8) is 0 Å². The van der Waals surface area contributed by atoms with Crippen LogP contribution in [-0.4, -0.2) is 4.98 Å². The molecule has 0 aliphatic carbocycles. The van der Waals surface area contributed by atoms with Crippen LogP contribution in [0.1, 0.15) is 5.56 Å². The first-order chi connectivity index (χ1) is 9.13. The van der Waals surface area contributed by atoms with E-state index >= 15 is 0 Å². The molecule has 0 saturated heterocycles. The lowest BCUT2D eigenvalue weighted by molar-refractivity contribution is 0.631. The van der Waals surface area contributed by atoms with Gasteiger partial charge in [-0.25, -0.2) is 9.37 Å². The normalized spacial score (nSPS) is 10.9. The number of nitrogens with zero attached hydrogens (tertiary/aromatic N) is 1. The van der Waals surface area contributed by atoms with E-state index in [0.717, 1.165) is 15.8 Å². The van der Waals surface area contributed by atoms with Crippen molar-refractivity contribution in [3.05, 3.63) is 52.3 Å². The van der Waals surface area contributed by atoms with Crippen molar-refractivity contribution >= 4 is 48.3 Å². The van der Waals surface area contributed by atoms with Gasteiger partial charge >= 0.3 is 0 Å². The second-order valence-corrected chi connectivity index (χ2v) is 6.10. The minimum absolute atomic E-state index is 0.301. The summed E-state index contributed by atoms with van der Waals surface area (Å²) in [7, 11) is 0. The Labute approximate surface area is 122 Å². The van der Waals surface area contributed by atoms with Crippen LogP contribution >= 0.6 is 27.3 Å². The monoisotopic (exact) mass is 336 g/mol. The van der Waals surface area contributed by atoms with Gasteiger partial charge in [-0.1, -0.05) is 23.5 Å². The molecular formula is C14H10BrFN2S. The first-order valence-electron chi connectivity index (χ1n) is 5.72. The van der Waals surface area contributed by atoms with Crippen LogP contribution in [0, 0.1) is 12.7 Å². The van der Waals surface area contributed by atoms with Crippen LogP contribution in [0.2, 0.25) is 0 Å². The molecule has 2 nitrogen and oxygen atoms in total. The zero-order valence-corrected chi connectivity index (χ0v) is 12.5. The maximum Gasteiger partial charge on any atom is 0.188 e. The van der Waals surface area contributed by atoms with Gasteiger partial charge < -0.3 is 5.32 Å². The van der Waals surface area contributed by atoms with E-state index < -0.39 is 0 Å². The van der Waals surface area contributed by atoms with Gasteiger partial charge in [0.25, 0.3) is 0 Å². The molecule has 0 aliphatic rings. The van der Waals surface area contributed by atoms with Crippen LogP contribution in [0.25, 0.3) is 10.2 Å². The average molecular weight is 337 g/mol. The molecule has 0 unspecified atom stereocenters. The molecule has 1 heterocycles. The number of halogens is 2. The quantitative estimate of drug-likeness (QED) is 0.691. The van der Waals surface area contributed by atoms with Crippen molar-refractivity contribution in [3.8, 4) is 0 Å². The number of aryl methyl sites for hydroxylation is 1. The van der Waals surface area contributed by atoms with Gasteiger partial charge in [-0.15, -0.1) is 0 Å². The van der Waals surface area contributed by atoms with Crippen molar-refractivity contribution in [1.82, 2.24) is 4.98 Å². The minimum Gasteiger partial charge on any atom is -0.328 e. The molecule has 96 valence electrons. The molecule has 19 heavy (non-hydrogen) atoms. The molecule has 3 rings (SSSR count). The van der Waals surface area contributed by atoms with Crippen molar-refractivity contribution in [2.75, 3.05) is 5.32 Å². The molecule has 3 aromatic rings. The highest BCUT2D eigenvalue weighted by atomic mass is 79.9. The number of anilines is 2. The SMILES string of the molecule is Cc1ccc2sc(Nc3c(F)cccc3Br)nc2c1. The highest BCUT2D eigenvalue weighted by Crippen LogP contribution is 2.32. The summed E-state index contributed by atoms with van der Waals surface area (Å²) in [5, 5.41) is 3.72.